The lowest BCUT2D eigenvalue weighted by atomic mass is 9.82. The van der Waals surface area contributed by atoms with Gasteiger partial charge in [-0.3, -0.25) is 4.90 Å². The molecule has 1 saturated carbocycles. The first-order valence-corrected chi connectivity index (χ1v) is 12.0. The molecule has 0 bridgehead atoms. The Labute approximate surface area is 186 Å². The summed E-state index contributed by atoms with van der Waals surface area (Å²) >= 11 is 0. The van der Waals surface area contributed by atoms with E-state index >= 15 is 0 Å². The molecule has 5 rings (SSSR count). The smallest absolute Gasteiger partial charge is 0.118 e. The lowest BCUT2D eigenvalue weighted by molar-refractivity contribution is -0.00684. The number of aliphatic hydroxyl groups is 1. The summed E-state index contributed by atoms with van der Waals surface area (Å²) in [5, 5.41) is 11.7. The van der Waals surface area contributed by atoms with Crippen molar-refractivity contribution in [2.24, 2.45) is 11.8 Å². The van der Waals surface area contributed by atoms with E-state index in [0.717, 1.165) is 56.8 Å². The van der Waals surface area contributed by atoms with E-state index in [1.807, 2.05) is 12.1 Å². The largest absolute Gasteiger partial charge is 0.497 e. The van der Waals surface area contributed by atoms with E-state index in [9.17, 15) is 5.11 Å². The van der Waals surface area contributed by atoms with Crippen LogP contribution in [0.5, 0.6) is 5.75 Å². The predicted octanol–water partition coefficient (Wildman–Crippen LogP) is 4.06. The standard InChI is InChI=1S/C27H36N2O2/c1-31-25-10-6-22(7-11-25)18-29-19-23-12-14-27(30,26(23)20-29)24-8-4-21(5-9-24)13-17-28-15-2-3-16-28/h4-11,23,26,30H,2-3,12-20H2,1H3. The van der Waals surface area contributed by atoms with Crippen LogP contribution in [-0.4, -0.2) is 54.7 Å². The molecule has 1 N–H and O–H groups in total. The van der Waals surface area contributed by atoms with Gasteiger partial charge < -0.3 is 14.7 Å². The van der Waals surface area contributed by atoms with Gasteiger partial charge in [0, 0.05) is 32.1 Å². The molecule has 4 nitrogen and oxygen atoms in total. The molecule has 3 aliphatic rings. The van der Waals surface area contributed by atoms with E-state index in [4.69, 9.17) is 4.74 Å². The molecule has 0 spiro atoms. The molecule has 0 radical (unpaired) electrons. The van der Waals surface area contributed by atoms with E-state index in [-0.39, 0.29) is 0 Å². The minimum atomic E-state index is -0.674. The highest BCUT2D eigenvalue weighted by Crippen LogP contribution is 2.50. The van der Waals surface area contributed by atoms with E-state index in [2.05, 4.69) is 46.2 Å². The highest BCUT2D eigenvalue weighted by Gasteiger charge is 2.52. The van der Waals surface area contributed by atoms with Crippen LogP contribution in [0.4, 0.5) is 0 Å². The fourth-order valence-electron chi connectivity index (χ4n) is 6.12. The molecule has 3 unspecified atom stereocenters. The molecular formula is C27H36N2O2. The summed E-state index contributed by atoms with van der Waals surface area (Å²) in [4.78, 5) is 5.09. The summed E-state index contributed by atoms with van der Waals surface area (Å²) < 4.78 is 5.28. The zero-order valence-corrected chi connectivity index (χ0v) is 18.8. The molecule has 1 aliphatic carbocycles. The Morgan fingerprint density at radius 2 is 1.65 bits per heavy atom. The highest BCUT2D eigenvalue weighted by molar-refractivity contribution is 5.31. The third kappa shape index (κ3) is 4.39. The number of nitrogens with zero attached hydrogens (tertiary/aromatic N) is 2. The second-order valence-corrected chi connectivity index (χ2v) is 9.87. The van der Waals surface area contributed by atoms with Crippen molar-refractivity contribution >= 4 is 0 Å². The number of rotatable bonds is 7. The van der Waals surface area contributed by atoms with Crippen LogP contribution in [0.2, 0.25) is 0 Å². The van der Waals surface area contributed by atoms with Gasteiger partial charge in [-0.1, -0.05) is 36.4 Å². The molecule has 2 aromatic rings. The Morgan fingerprint density at radius 1 is 0.935 bits per heavy atom. The Morgan fingerprint density at radius 3 is 2.35 bits per heavy atom. The monoisotopic (exact) mass is 420 g/mol. The maximum absolute atomic E-state index is 11.7. The molecule has 0 aromatic heterocycles. The normalized spacial score (nSPS) is 28.8. The van der Waals surface area contributed by atoms with E-state index in [1.54, 1.807) is 7.11 Å². The SMILES string of the molecule is COc1ccc(CN2CC3CCC(O)(c4ccc(CCN5CCCC5)cc4)C3C2)cc1. The van der Waals surface area contributed by atoms with E-state index in [1.165, 1.54) is 37.1 Å². The fraction of sp³-hybridized carbons (Fsp3) is 0.556. The van der Waals surface area contributed by atoms with Crippen molar-refractivity contribution in [3.63, 3.8) is 0 Å². The molecular weight excluding hydrogens is 384 g/mol. The van der Waals surface area contributed by atoms with Crippen LogP contribution < -0.4 is 4.74 Å². The second-order valence-electron chi connectivity index (χ2n) is 9.87. The van der Waals surface area contributed by atoms with Gasteiger partial charge in [0.1, 0.15) is 5.75 Å². The number of fused-ring (bicyclic) bond motifs is 1. The van der Waals surface area contributed by atoms with Gasteiger partial charge in [-0.25, -0.2) is 0 Å². The maximum Gasteiger partial charge on any atom is 0.118 e. The number of likely N-dealkylation sites (tertiary alicyclic amines) is 2. The van der Waals surface area contributed by atoms with Crippen LogP contribution in [0.3, 0.4) is 0 Å². The minimum absolute atomic E-state index is 0.334. The van der Waals surface area contributed by atoms with Crippen molar-refractivity contribution in [3.8, 4) is 5.75 Å². The second kappa shape index (κ2) is 8.93. The van der Waals surface area contributed by atoms with Gasteiger partial charge in [0.15, 0.2) is 0 Å². The number of benzene rings is 2. The zero-order chi connectivity index (χ0) is 21.3. The quantitative estimate of drug-likeness (QED) is 0.733. The Hall–Kier alpha value is -1.88. The molecule has 2 aromatic carbocycles. The Bertz CT molecular complexity index is 860. The van der Waals surface area contributed by atoms with Gasteiger partial charge in [-0.2, -0.15) is 0 Å². The average molecular weight is 421 g/mol. The summed E-state index contributed by atoms with van der Waals surface area (Å²) in [6.07, 6.45) is 5.83. The molecule has 2 heterocycles. The zero-order valence-electron chi connectivity index (χ0n) is 18.8. The predicted molar refractivity (Wildman–Crippen MR) is 124 cm³/mol. The number of methoxy groups -OCH3 is 1. The average Bonchev–Trinajstić information content (AvgIpc) is 3.53. The third-order valence-electron chi connectivity index (χ3n) is 7.96. The van der Waals surface area contributed by atoms with Crippen LogP contribution in [-0.2, 0) is 18.6 Å². The van der Waals surface area contributed by atoms with Gasteiger partial charge in [-0.15, -0.1) is 0 Å². The van der Waals surface area contributed by atoms with Crippen molar-refractivity contribution < 1.29 is 9.84 Å². The van der Waals surface area contributed by atoms with Crippen LogP contribution in [0.15, 0.2) is 48.5 Å². The molecule has 2 aliphatic heterocycles. The molecule has 2 saturated heterocycles. The van der Waals surface area contributed by atoms with Gasteiger partial charge >= 0.3 is 0 Å². The minimum Gasteiger partial charge on any atom is -0.497 e. The molecule has 31 heavy (non-hydrogen) atoms. The molecule has 166 valence electrons. The Balaban J connectivity index is 1.21. The summed E-state index contributed by atoms with van der Waals surface area (Å²) in [6, 6.07) is 17.3. The van der Waals surface area contributed by atoms with Crippen LogP contribution >= 0.6 is 0 Å². The van der Waals surface area contributed by atoms with Gasteiger partial charge in [-0.05, 0) is 79.9 Å². The maximum atomic E-state index is 11.7. The molecule has 3 fully saturated rings. The molecule has 3 atom stereocenters. The number of hydrogen-bond donors (Lipinski definition) is 1. The van der Waals surface area contributed by atoms with Gasteiger partial charge in [0.05, 0.1) is 12.7 Å². The first-order chi connectivity index (χ1) is 15.1. The van der Waals surface area contributed by atoms with Gasteiger partial charge in [0.2, 0.25) is 0 Å². The Kier molecular flexibility index (Phi) is 6.05. The molecule has 4 heteroatoms. The fourth-order valence-corrected chi connectivity index (χ4v) is 6.12. The summed E-state index contributed by atoms with van der Waals surface area (Å²) in [6.45, 7) is 6.69. The van der Waals surface area contributed by atoms with Crippen LogP contribution in [0.25, 0.3) is 0 Å². The van der Waals surface area contributed by atoms with E-state index in [0.29, 0.717) is 11.8 Å². The van der Waals surface area contributed by atoms with E-state index < -0.39 is 5.60 Å². The summed E-state index contributed by atoms with van der Waals surface area (Å²) in [5.41, 5.74) is 3.15. The van der Waals surface area contributed by atoms with Gasteiger partial charge in [0.25, 0.3) is 0 Å². The topological polar surface area (TPSA) is 35.9 Å². The summed E-state index contributed by atoms with van der Waals surface area (Å²) in [7, 11) is 1.71. The number of hydrogen-bond acceptors (Lipinski definition) is 4. The third-order valence-corrected chi connectivity index (χ3v) is 7.96. The van der Waals surface area contributed by atoms with Crippen molar-refractivity contribution in [3.05, 3.63) is 65.2 Å². The van der Waals surface area contributed by atoms with Crippen molar-refractivity contribution in [2.45, 2.75) is 44.2 Å². The highest BCUT2D eigenvalue weighted by atomic mass is 16.5. The van der Waals surface area contributed by atoms with Crippen molar-refractivity contribution in [1.29, 1.82) is 0 Å². The lowest BCUT2D eigenvalue weighted by Crippen LogP contribution is -2.34. The van der Waals surface area contributed by atoms with Crippen molar-refractivity contribution in [2.75, 3.05) is 39.8 Å². The van der Waals surface area contributed by atoms with Crippen molar-refractivity contribution in [1.82, 2.24) is 9.80 Å². The summed E-state index contributed by atoms with van der Waals surface area (Å²) in [5.74, 6) is 1.83. The van der Waals surface area contributed by atoms with Crippen LogP contribution in [0, 0.1) is 11.8 Å². The number of ether oxygens (including phenoxy) is 1. The first kappa shape index (κ1) is 21.0. The molecule has 0 amide bonds. The first-order valence-electron chi connectivity index (χ1n) is 12.0. The lowest BCUT2D eigenvalue weighted by Gasteiger charge is -2.31. The van der Waals surface area contributed by atoms with Crippen LogP contribution in [0.1, 0.15) is 42.4 Å².